The van der Waals surface area contributed by atoms with Crippen molar-refractivity contribution in [2.24, 2.45) is 0 Å². The summed E-state index contributed by atoms with van der Waals surface area (Å²) in [5, 5.41) is 0.485. The number of rotatable bonds is 1. The van der Waals surface area contributed by atoms with Crippen molar-refractivity contribution in [3.63, 3.8) is 0 Å². The lowest BCUT2D eigenvalue weighted by molar-refractivity contribution is 1.06. The number of hydrogen-bond donors (Lipinski definition) is 0. The van der Waals surface area contributed by atoms with E-state index in [2.05, 4.69) is 29.0 Å². The van der Waals surface area contributed by atoms with Gasteiger partial charge in [-0.2, -0.15) is 0 Å². The van der Waals surface area contributed by atoms with Crippen molar-refractivity contribution in [1.82, 2.24) is 9.97 Å². The van der Waals surface area contributed by atoms with Gasteiger partial charge in [-0.1, -0.05) is 35.4 Å². The summed E-state index contributed by atoms with van der Waals surface area (Å²) in [6.07, 6.45) is 0. The first kappa shape index (κ1) is 10.1. The van der Waals surface area contributed by atoms with E-state index in [1.54, 1.807) is 6.07 Å². The molecule has 2 aromatic rings. The Hall–Kier alpha value is -1.41. The van der Waals surface area contributed by atoms with Crippen LogP contribution in [0, 0.1) is 13.8 Å². The Morgan fingerprint density at radius 3 is 2.53 bits per heavy atom. The summed E-state index contributed by atoms with van der Waals surface area (Å²) in [5.74, 6) is 0.694. The lowest BCUT2D eigenvalue weighted by Gasteiger charge is -2.03. The molecule has 0 saturated carbocycles. The maximum Gasteiger partial charge on any atom is 0.133 e. The van der Waals surface area contributed by atoms with Gasteiger partial charge < -0.3 is 0 Å². The molecule has 0 N–H and O–H groups in total. The van der Waals surface area contributed by atoms with E-state index in [1.807, 2.05) is 19.1 Å². The Morgan fingerprint density at radius 1 is 1.07 bits per heavy atom. The molecule has 0 aliphatic heterocycles. The summed E-state index contributed by atoms with van der Waals surface area (Å²) in [5.41, 5.74) is 3.15. The van der Waals surface area contributed by atoms with Crippen molar-refractivity contribution in [3.8, 4) is 11.3 Å². The van der Waals surface area contributed by atoms with E-state index < -0.39 is 0 Å². The van der Waals surface area contributed by atoms with Crippen LogP contribution in [0.15, 0.2) is 30.3 Å². The van der Waals surface area contributed by atoms with Gasteiger partial charge in [-0.05, 0) is 19.9 Å². The summed E-state index contributed by atoms with van der Waals surface area (Å²) in [4.78, 5) is 8.39. The number of aromatic nitrogens is 2. The van der Waals surface area contributed by atoms with Gasteiger partial charge in [-0.3, -0.25) is 0 Å². The minimum atomic E-state index is 0.485. The van der Waals surface area contributed by atoms with Crippen molar-refractivity contribution >= 4 is 11.6 Å². The molecule has 15 heavy (non-hydrogen) atoms. The van der Waals surface area contributed by atoms with E-state index in [-0.39, 0.29) is 0 Å². The fraction of sp³-hybridized carbons (Fsp3) is 0.167. The largest absolute Gasteiger partial charge is 0.233 e. The van der Waals surface area contributed by atoms with Crippen molar-refractivity contribution in [2.45, 2.75) is 13.8 Å². The lowest BCUT2D eigenvalue weighted by atomic mass is 10.1. The molecule has 0 saturated heterocycles. The molecule has 3 heteroatoms. The number of benzene rings is 1. The molecular formula is C12H11ClN2. The average molecular weight is 219 g/mol. The van der Waals surface area contributed by atoms with Crippen LogP contribution in [-0.2, 0) is 0 Å². The van der Waals surface area contributed by atoms with Crippen LogP contribution in [0.1, 0.15) is 11.4 Å². The molecule has 0 radical (unpaired) electrons. The molecule has 76 valence electrons. The van der Waals surface area contributed by atoms with Crippen LogP contribution in [-0.4, -0.2) is 9.97 Å². The molecule has 2 rings (SSSR count). The van der Waals surface area contributed by atoms with Crippen LogP contribution in [0.3, 0.4) is 0 Å². The second-order valence-corrected chi connectivity index (χ2v) is 3.88. The maximum atomic E-state index is 5.89. The van der Waals surface area contributed by atoms with Gasteiger partial charge >= 0.3 is 0 Å². The fourth-order valence-electron chi connectivity index (χ4n) is 1.48. The molecule has 0 aliphatic carbocycles. The van der Waals surface area contributed by atoms with Gasteiger partial charge in [0.25, 0.3) is 0 Å². The zero-order chi connectivity index (χ0) is 10.8. The van der Waals surface area contributed by atoms with Gasteiger partial charge in [-0.25, -0.2) is 9.97 Å². The molecule has 0 aliphatic rings. The highest BCUT2D eigenvalue weighted by molar-refractivity contribution is 6.29. The molecule has 0 unspecified atom stereocenters. The van der Waals surface area contributed by atoms with Gasteiger partial charge in [0.15, 0.2) is 0 Å². The van der Waals surface area contributed by atoms with E-state index >= 15 is 0 Å². The van der Waals surface area contributed by atoms with Crippen LogP contribution in [0.2, 0.25) is 5.15 Å². The standard InChI is InChI=1S/C12H11ClN2/c1-8-4-3-5-10(6-8)11-7-12(13)15-9(2)14-11/h3-7H,1-2H3. The lowest BCUT2D eigenvalue weighted by Crippen LogP contribution is -1.91. The third kappa shape index (κ3) is 2.34. The number of hydrogen-bond acceptors (Lipinski definition) is 2. The van der Waals surface area contributed by atoms with Crippen molar-refractivity contribution in [2.75, 3.05) is 0 Å². The Kier molecular flexibility index (Phi) is 2.69. The fourth-order valence-corrected chi connectivity index (χ4v) is 1.71. The quantitative estimate of drug-likeness (QED) is 0.686. The smallest absolute Gasteiger partial charge is 0.133 e. The van der Waals surface area contributed by atoms with Crippen molar-refractivity contribution < 1.29 is 0 Å². The Balaban J connectivity index is 2.54. The minimum absolute atomic E-state index is 0.485. The Labute approximate surface area is 94.0 Å². The van der Waals surface area contributed by atoms with Gasteiger partial charge in [0, 0.05) is 11.6 Å². The van der Waals surface area contributed by atoms with Crippen molar-refractivity contribution in [3.05, 3.63) is 46.9 Å². The summed E-state index contributed by atoms with van der Waals surface area (Å²) >= 11 is 5.89. The normalized spacial score (nSPS) is 10.3. The van der Waals surface area contributed by atoms with Crippen LogP contribution in [0.4, 0.5) is 0 Å². The molecule has 1 aromatic heterocycles. The molecule has 0 spiro atoms. The van der Waals surface area contributed by atoms with Crippen LogP contribution < -0.4 is 0 Å². The van der Waals surface area contributed by atoms with Gasteiger partial charge in [0.1, 0.15) is 11.0 Å². The molecule has 1 aromatic carbocycles. The van der Waals surface area contributed by atoms with E-state index in [1.165, 1.54) is 5.56 Å². The highest BCUT2D eigenvalue weighted by atomic mass is 35.5. The predicted octanol–water partition coefficient (Wildman–Crippen LogP) is 3.41. The molecule has 0 fully saturated rings. The van der Waals surface area contributed by atoms with Crippen molar-refractivity contribution in [1.29, 1.82) is 0 Å². The number of nitrogens with zero attached hydrogens (tertiary/aromatic N) is 2. The summed E-state index contributed by atoms with van der Waals surface area (Å²) in [6.45, 7) is 3.89. The van der Waals surface area contributed by atoms with E-state index in [9.17, 15) is 0 Å². The Bertz CT molecular complexity index is 474. The van der Waals surface area contributed by atoms with E-state index in [4.69, 9.17) is 11.6 Å². The second kappa shape index (κ2) is 3.99. The summed E-state index contributed by atoms with van der Waals surface area (Å²) in [6, 6.07) is 9.95. The molecule has 1 heterocycles. The summed E-state index contributed by atoms with van der Waals surface area (Å²) < 4.78 is 0. The molecule has 0 bridgehead atoms. The van der Waals surface area contributed by atoms with Crippen LogP contribution in [0.5, 0.6) is 0 Å². The highest BCUT2D eigenvalue weighted by Crippen LogP contribution is 2.20. The molecule has 0 amide bonds. The first-order valence-corrected chi connectivity index (χ1v) is 5.11. The van der Waals surface area contributed by atoms with Gasteiger partial charge in [0.05, 0.1) is 5.69 Å². The molecule has 2 nitrogen and oxygen atoms in total. The minimum Gasteiger partial charge on any atom is -0.233 e. The molecule has 0 atom stereocenters. The van der Waals surface area contributed by atoms with Crippen LogP contribution in [0.25, 0.3) is 11.3 Å². The third-order valence-electron chi connectivity index (χ3n) is 2.12. The highest BCUT2D eigenvalue weighted by Gasteiger charge is 2.02. The monoisotopic (exact) mass is 218 g/mol. The average Bonchev–Trinajstić information content (AvgIpc) is 2.16. The number of halogens is 1. The second-order valence-electron chi connectivity index (χ2n) is 3.49. The topological polar surface area (TPSA) is 25.8 Å². The van der Waals surface area contributed by atoms with E-state index in [0.29, 0.717) is 11.0 Å². The third-order valence-corrected chi connectivity index (χ3v) is 2.31. The first-order chi connectivity index (χ1) is 7.15. The summed E-state index contributed by atoms with van der Waals surface area (Å²) in [7, 11) is 0. The maximum absolute atomic E-state index is 5.89. The Morgan fingerprint density at radius 2 is 1.87 bits per heavy atom. The zero-order valence-corrected chi connectivity index (χ0v) is 9.42. The SMILES string of the molecule is Cc1cccc(-c2cc(Cl)nc(C)n2)c1. The van der Waals surface area contributed by atoms with Crippen LogP contribution >= 0.6 is 11.6 Å². The number of aryl methyl sites for hydroxylation is 2. The van der Waals surface area contributed by atoms with Gasteiger partial charge in [0.2, 0.25) is 0 Å². The molecular weight excluding hydrogens is 208 g/mol. The predicted molar refractivity (Wildman–Crippen MR) is 62.0 cm³/mol. The zero-order valence-electron chi connectivity index (χ0n) is 8.66. The first-order valence-electron chi connectivity index (χ1n) is 4.73. The van der Waals surface area contributed by atoms with E-state index in [0.717, 1.165) is 11.3 Å². The van der Waals surface area contributed by atoms with Gasteiger partial charge in [-0.15, -0.1) is 0 Å².